The molecule has 0 aliphatic carbocycles. The van der Waals surface area contributed by atoms with Crippen LogP contribution in [0.15, 0.2) is 12.3 Å². The first-order valence-corrected chi connectivity index (χ1v) is 2.84. The third-order valence-electron chi connectivity index (χ3n) is 1.34. The molecule has 0 aromatic rings. The normalized spacial score (nSPS) is 36.8. The lowest BCUT2D eigenvalue weighted by Gasteiger charge is -2.22. The minimum Gasteiger partial charge on any atom is -0.391 e. The highest BCUT2D eigenvalue weighted by Gasteiger charge is 2.17. The number of nitrogens with one attached hydrogen (secondary N) is 1. The smallest absolute Gasteiger partial charge is 0.0833 e. The second kappa shape index (κ2) is 1.78. The molecule has 1 aliphatic rings. The van der Waals surface area contributed by atoms with E-state index in [1.165, 1.54) is 0 Å². The Hall–Kier alpha value is -0.500. The van der Waals surface area contributed by atoms with E-state index in [0.717, 1.165) is 13.0 Å². The minimum absolute atomic E-state index is 0.564. The average Bonchev–Trinajstić information content (AvgIpc) is 1.65. The quantitative estimate of drug-likeness (QED) is 0.472. The summed E-state index contributed by atoms with van der Waals surface area (Å²) in [6.45, 7) is 2.69. The van der Waals surface area contributed by atoms with Crippen LogP contribution in [0.1, 0.15) is 13.3 Å². The summed E-state index contributed by atoms with van der Waals surface area (Å²) in [6.07, 6.45) is 4.38. The second-order valence-corrected chi connectivity index (χ2v) is 2.39. The first-order chi connectivity index (χ1) is 3.71. The highest BCUT2D eigenvalue weighted by atomic mass is 16.3. The largest absolute Gasteiger partial charge is 0.391 e. The maximum absolute atomic E-state index is 9.25. The van der Waals surface area contributed by atoms with E-state index in [0.29, 0.717) is 0 Å². The van der Waals surface area contributed by atoms with Gasteiger partial charge < -0.3 is 10.4 Å². The van der Waals surface area contributed by atoms with Gasteiger partial charge in [0.25, 0.3) is 0 Å². The third-order valence-corrected chi connectivity index (χ3v) is 1.34. The first-order valence-electron chi connectivity index (χ1n) is 2.84. The highest BCUT2D eigenvalue weighted by Crippen LogP contribution is 2.11. The van der Waals surface area contributed by atoms with Crippen molar-refractivity contribution in [3.8, 4) is 0 Å². The van der Waals surface area contributed by atoms with Crippen LogP contribution in [0.2, 0.25) is 0 Å². The summed E-state index contributed by atoms with van der Waals surface area (Å²) in [7, 11) is 0. The van der Waals surface area contributed by atoms with Gasteiger partial charge >= 0.3 is 0 Å². The van der Waals surface area contributed by atoms with Crippen LogP contribution in [0.3, 0.4) is 0 Å². The molecule has 0 fully saturated rings. The standard InChI is InChI=1S/C6H11NO/c1-6(8)2-4-7-5-3-6/h2,4,7-8H,3,5H2,1H3. The number of rotatable bonds is 0. The summed E-state index contributed by atoms with van der Waals surface area (Å²) in [5.74, 6) is 0. The molecule has 0 spiro atoms. The molecule has 2 N–H and O–H groups in total. The molecule has 8 heavy (non-hydrogen) atoms. The predicted molar refractivity (Wildman–Crippen MR) is 32.4 cm³/mol. The van der Waals surface area contributed by atoms with Crippen molar-refractivity contribution in [1.82, 2.24) is 5.32 Å². The van der Waals surface area contributed by atoms with Crippen molar-refractivity contribution in [2.24, 2.45) is 0 Å². The molecule has 0 radical (unpaired) electrons. The number of hydrogen-bond donors (Lipinski definition) is 2. The Bertz CT molecular complexity index is 107. The lowest BCUT2D eigenvalue weighted by Crippen LogP contribution is -2.30. The topological polar surface area (TPSA) is 32.3 Å². The van der Waals surface area contributed by atoms with Crippen LogP contribution in [0.4, 0.5) is 0 Å². The fourth-order valence-electron chi connectivity index (χ4n) is 0.730. The Balaban J connectivity index is 2.56. The minimum atomic E-state index is -0.564. The van der Waals surface area contributed by atoms with Crippen molar-refractivity contribution in [3.63, 3.8) is 0 Å². The molecule has 0 aromatic carbocycles. The molecule has 2 heteroatoms. The fraction of sp³-hybridized carbons (Fsp3) is 0.667. The van der Waals surface area contributed by atoms with Crippen LogP contribution in [-0.2, 0) is 0 Å². The fourth-order valence-corrected chi connectivity index (χ4v) is 0.730. The van der Waals surface area contributed by atoms with E-state index in [1.54, 1.807) is 12.3 Å². The first kappa shape index (κ1) is 5.63. The van der Waals surface area contributed by atoms with Gasteiger partial charge in [-0.15, -0.1) is 0 Å². The van der Waals surface area contributed by atoms with E-state index < -0.39 is 5.60 Å². The molecule has 46 valence electrons. The van der Waals surface area contributed by atoms with Crippen LogP contribution in [0.25, 0.3) is 0 Å². The maximum atomic E-state index is 9.25. The molecule has 0 aromatic heterocycles. The van der Waals surface area contributed by atoms with Crippen molar-refractivity contribution in [2.75, 3.05) is 6.54 Å². The van der Waals surface area contributed by atoms with Crippen molar-refractivity contribution < 1.29 is 5.11 Å². The molecule has 1 unspecified atom stereocenters. The third kappa shape index (κ3) is 1.23. The van der Waals surface area contributed by atoms with Crippen LogP contribution in [-0.4, -0.2) is 17.3 Å². The summed E-state index contributed by atoms with van der Waals surface area (Å²) >= 11 is 0. The Morgan fingerprint density at radius 2 is 2.50 bits per heavy atom. The van der Waals surface area contributed by atoms with Crippen molar-refractivity contribution in [3.05, 3.63) is 12.3 Å². The van der Waals surface area contributed by atoms with Crippen molar-refractivity contribution in [2.45, 2.75) is 18.9 Å². The number of hydrogen-bond acceptors (Lipinski definition) is 2. The monoisotopic (exact) mass is 113 g/mol. The van der Waals surface area contributed by atoms with Gasteiger partial charge in [0.2, 0.25) is 0 Å². The van der Waals surface area contributed by atoms with Gasteiger partial charge in [-0.25, -0.2) is 0 Å². The summed E-state index contributed by atoms with van der Waals surface area (Å²) in [5, 5.41) is 12.2. The Morgan fingerprint density at radius 3 is 2.75 bits per heavy atom. The molecular weight excluding hydrogens is 102 g/mol. The summed E-state index contributed by atoms with van der Waals surface area (Å²) < 4.78 is 0. The van der Waals surface area contributed by atoms with Crippen molar-refractivity contribution in [1.29, 1.82) is 0 Å². The van der Waals surface area contributed by atoms with E-state index in [4.69, 9.17) is 0 Å². The SMILES string of the molecule is CC1(O)C=CNCC1. The van der Waals surface area contributed by atoms with Crippen LogP contribution in [0.5, 0.6) is 0 Å². The van der Waals surface area contributed by atoms with E-state index in [1.807, 2.05) is 6.92 Å². The van der Waals surface area contributed by atoms with Gasteiger partial charge in [-0.3, -0.25) is 0 Å². The van der Waals surface area contributed by atoms with E-state index >= 15 is 0 Å². The molecular formula is C6H11NO. The van der Waals surface area contributed by atoms with Gasteiger partial charge in [0.15, 0.2) is 0 Å². The molecule has 2 nitrogen and oxygen atoms in total. The zero-order valence-corrected chi connectivity index (χ0v) is 5.02. The molecule has 0 saturated heterocycles. The average molecular weight is 113 g/mol. The zero-order chi connectivity index (χ0) is 6.04. The summed E-state index contributed by atoms with van der Waals surface area (Å²) in [5.41, 5.74) is -0.564. The van der Waals surface area contributed by atoms with E-state index in [-0.39, 0.29) is 0 Å². The van der Waals surface area contributed by atoms with Gasteiger partial charge in [-0.05, 0) is 25.6 Å². The van der Waals surface area contributed by atoms with E-state index in [9.17, 15) is 5.11 Å². The Labute approximate surface area is 49.2 Å². The summed E-state index contributed by atoms with van der Waals surface area (Å²) in [6, 6.07) is 0. The van der Waals surface area contributed by atoms with Crippen molar-refractivity contribution >= 4 is 0 Å². The zero-order valence-electron chi connectivity index (χ0n) is 5.02. The van der Waals surface area contributed by atoms with Crippen LogP contribution >= 0.6 is 0 Å². The van der Waals surface area contributed by atoms with Crippen LogP contribution < -0.4 is 5.32 Å². The Kier molecular flexibility index (Phi) is 1.26. The molecule has 1 rings (SSSR count). The van der Waals surface area contributed by atoms with Gasteiger partial charge in [0.05, 0.1) is 5.60 Å². The molecule has 1 atom stereocenters. The summed E-state index contributed by atoms with van der Waals surface area (Å²) in [4.78, 5) is 0. The van der Waals surface area contributed by atoms with Gasteiger partial charge in [0, 0.05) is 6.54 Å². The number of aliphatic hydroxyl groups is 1. The highest BCUT2D eigenvalue weighted by molar-refractivity contribution is 5.01. The lowest BCUT2D eigenvalue weighted by molar-refractivity contribution is 0.0974. The molecule has 0 amide bonds. The van der Waals surface area contributed by atoms with Gasteiger partial charge in [-0.2, -0.15) is 0 Å². The van der Waals surface area contributed by atoms with Crippen LogP contribution in [0, 0.1) is 0 Å². The van der Waals surface area contributed by atoms with E-state index in [2.05, 4.69) is 5.32 Å². The molecule has 0 saturated carbocycles. The predicted octanol–water partition coefficient (Wildman–Crippen LogP) is 0.244. The lowest BCUT2D eigenvalue weighted by atomic mass is 10.0. The second-order valence-electron chi connectivity index (χ2n) is 2.39. The molecule has 0 bridgehead atoms. The Morgan fingerprint density at radius 1 is 1.75 bits per heavy atom. The maximum Gasteiger partial charge on any atom is 0.0833 e. The molecule has 1 heterocycles. The van der Waals surface area contributed by atoms with Gasteiger partial charge in [-0.1, -0.05) is 0 Å². The molecule has 1 aliphatic heterocycles. The van der Waals surface area contributed by atoms with Gasteiger partial charge in [0.1, 0.15) is 0 Å².